The van der Waals surface area contributed by atoms with Crippen LogP contribution in [0.15, 0.2) is 48.5 Å². The highest BCUT2D eigenvalue weighted by Crippen LogP contribution is 2.27. The molecular formula is C17H16FN3O. The predicted molar refractivity (Wildman–Crippen MR) is 85.3 cm³/mol. The maximum Gasteiger partial charge on any atom is 0.165 e. The van der Waals surface area contributed by atoms with E-state index in [0.29, 0.717) is 23.8 Å². The van der Waals surface area contributed by atoms with Crippen molar-refractivity contribution >= 4 is 16.7 Å². The van der Waals surface area contributed by atoms with Crippen LogP contribution in [0.3, 0.4) is 0 Å². The zero-order valence-electron chi connectivity index (χ0n) is 12.2. The number of rotatable bonds is 4. The van der Waals surface area contributed by atoms with Gasteiger partial charge in [-0.1, -0.05) is 24.3 Å². The number of benzene rings is 2. The Morgan fingerprint density at radius 2 is 1.77 bits per heavy atom. The number of likely N-dealkylation sites (N-methyl/N-ethyl adjacent to an activating group) is 1. The first-order valence-electron chi connectivity index (χ1n) is 7.04. The number of fused-ring (bicyclic) bond motifs is 1. The number of hydrogen-bond acceptors (Lipinski definition) is 4. The molecule has 3 aromatic rings. The van der Waals surface area contributed by atoms with E-state index in [9.17, 15) is 4.39 Å². The molecule has 3 rings (SSSR count). The molecule has 0 saturated carbocycles. The van der Waals surface area contributed by atoms with Gasteiger partial charge in [-0.05, 0) is 24.3 Å². The third kappa shape index (κ3) is 2.63. The van der Waals surface area contributed by atoms with E-state index in [0.717, 1.165) is 10.9 Å². The SMILES string of the molecule is CN(CCO)c1nc(-c2ccccc2F)nc2ccccc12. The highest BCUT2D eigenvalue weighted by atomic mass is 19.1. The highest BCUT2D eigenvalue weighted by Gasteiger charge is 2.14. The fourth-order valence-electron chi connectivity index (χ4n) is 2.37. The summed E-state index contributed by atoms with van der Waals surface area (Å²) >= 11 is 0. The number of halogens is 1. The monoisotopic (exact) mass is 297 g/mol. The van der Waals surface area contributed by atoms with Gasteiger partial charge in [-0.15, -0.1) is 0 Å². The molecule has 0 radical (unpaired) electrons. The molecule has 1 N–H and O–H groups in total. The normalized spacial score (nSPS) is 10.9. The molecule has 0 bridgehead atoms. The lowest BCUT2D eigenvalue weighted by molar-refractivity contribution is 0.304. The zero-order chi connectivity index (χ0) is 15.5. The van der Waals surface area contributed by atoms with Crippen LogP contribution < -0.4 is 4.90 Å². The first-order valence-corrected chi connectivity index (χ1v) is 7.04. The number of hydrogen-bond donors (Lipinski definition) is 1. The highest BCUT2D eigenvalue weighted by molar-refractivity contribution is 5.91. The molecule has 22 heavy (non-hydrogen) atoms. The minimum Gasteiger partial charge on any atom is -0.395 e. The standard InChI is InChI=1S/C17H16FN3O/c1-21(10-11-22)17-13-7-3-5-9-15(13)19-16(20-17)12-6-2-4-8-14(12)18/h2-9,22H,10-11H2,1H3. The lowest BCUT2D eigenvalue weighted by atomic mass is 10.1. The Morgan fingerprint density at radius 1 is 1.05 bits per heavy atom. The van der Waals surface area contributed by atoms with Crippen molar-refractivity contribution in [2.45, 2.75) is 0 Å². The zero-order valence-corrected chi connectivity index (χ0v) is 12.2. The molecular weight excluding hydrogens is 281 g/mol. The van der Waals surface area contributed by atoms with E-state index in [1.807, 2.05) is 36.2 Å². The van der Waals surface area contributed by atoms with Crippen molar-refractivity contribution in [2.24, 2.45) is 0 Å². The Hall–Kier alpha value is -2.53. The summed E-state index contributed by atoms with van der Waals surface area (Å²) < 4.78 is 14.0. The van der Waals surface area contributed by atoms with Crippen molar-refractivity contribution < 1.29 is 9.50 Å². The summed E-state index contributed by atoms with van der Waals surface area (Å²) in [5.74, 6) is 0.669. The van der Waals surface area contributed by atoms with Gasteiger partial charge in [0.2, 0.25) is 0 Å². The summed E-state index contributed by atoms with van der Waals surface area (Å²) in [6.07, 6.45) is 0. The van der Waals surface area contributed by atoms with E-state index in [-0.39, 0.29) is 12.4 Å². The minimum absolute atomic E-state index is 0.0177. The molecule has 2 aromatic carbocycles. The quantitative estimate of drug-likeness (QED) is 0.804. The van der Waals surface area contributed by atoms with Gasteiger partial charge < -0.3 is 10.0 Å². The van der Waals surface area contributed by atoms with Crippen molar-refractivity contribution in [1.29, 1.82) is 0 Å². The van der Waals surface area contributed by atoms with Crippen molar-refractivity contribution in [3.05, 3.63) is 54.3 Å². The van der Waals surface area contributed by atoms with Crippen LogP contribution >= 0.6 is 0 Å². The smallest absolute Gasteiger partial charge is 0.165 e. The summed E-state index contributed by atoms with van der Waals surface area (Å²) in [7, 11) is 1.84. The molecule has 0 aliphatic heterocycles. The molecule has 0 unspecified atom stereocenters. The van der Waals surface area contributed by atoms with Crippen LogP contribution in [0, 0.1) is 5.82 Å². The van der Waals surface area contributed by atoms with E-state index >= 15 is 0 Å². The van der Waals surface area contributed by atoms with Gasteiger partial charge in [0.25, 0.3) is 0 Å². The van der Waals surface area contributed by atoms with Crippen LogP contribution in [0.2, 0.25) is 0 Å². The molecule has 0 saturated heterocycles. The number of para-hydroxylation sites is 1. The fraction of sp³-hybridized carbons (Fsp3) is 0.176. The number of nitrogens with zero attached hydrogens (tertiary/aromatic N) is 3. The first-order chi connectivity index (χ1) is 10.7. The fourth-order valence-corrected chi connectivity index (χ4v) is 2.37. The second kappa shape index (κ2) is 6.07. The Balaban J connectivity index is 2.23. The maximum absolute atomic E-state index is 14.0. The summed E-state index contributed by atoms with van der Waals surface area (Å²) in [5.41, 5.74) is 1.11. The van der Waals surface area contributed by atoms with Crippen LogP contribution in [0.4, 0.5) is 10.2 Å². The molecule has 112 valence electrons. The molecule has 1 heterocycles. The molecule has 4 nitrogen and oxygen atoms in total. The van der Waals surface area contributed by atoms with Gasteiger partial charge in [-0.3, -0.25) is 0 Å². The Labute approximate surface area is 127 Å². The van der Waals surface area contributed by atoms with Crippen LogP contribution in [-0.2, 0) is 0 Å². The van der Waals surface area contributed by atoms with Crippen molar-refractivity contribution in [3.63, 3.8) is 0 Å². The minimum atomic E-state index is -0.353. The molecule has 0 aliphatic rings. The van der Waals surface area contributed by atoms with Gasteiger partial charge >= 0.3 is 0 Å². The average Bonchev–Trinajstić information content (AvgIpc) is 2.54. The maximum atomic E-state index is 14.0. The van der Waals surface area contributed by atoms with Crippen molar-refractivity contribution in [3.8, 4) is 11.4 Å². The van der Waals surface area contributed by atoms with E-state index in [1.54, 1.807) is 18.2 Å². The lowest BCUT2D eigenvalue weighted by Crippen LogP contribution is -2.23. The predicted octanol–water partition coefficient (Wildman–Crippen LogP) is 2.86. The molecule has 0 spiro atoms. The number of aliphatic hydroxyl groups excluding tert-OH is 1. The van der Waals surface area contributed by atoms with E-state index in [2.05, 4.69) is 9.97 Å². The Kier molecular flexibility index (Phi) is 3.98. The van der Waals surface area contributed by atoms with E-state index in [1.165, 1.54) is 6.07 Å². The molecule has 1 aromatic heterocycles. The molecule has 0 aliphatic carbocycles. The second-order valence-electron chi connectivity index (χ2n) is 5.01. The molecule has 0 amide bonds. The van der Waals surface area contributed by atoms with Crippen molar-refractivity contribution in [2.75, 3.05) is 25.1 Å². The van der Waals surface area contributed by atoms with Crippen LogP contribution in [0.1, 0.15) is 0 Å². The molecule has 5 heteroatoms. The first kappa shape index (κ1) is 14.4. The Bertz CT molecular complexity index is 807. The van der Waals surface area contributed by atoms with Gasteiger partial charge in [0.1, 0.15) is 11.6 Å². The molecule has 0 fully saturated rings. The number of aliphatic hydroxyl groups is 1. The van der Waals surface area contributed by atoms with Crippen molar-refractivity contribution in [1.82, 2.24) is 9.97 Å². The van der Waals surface area contributed by atoms with Gasteiger partial charge in [-0.25, -0.2) is 14.4 Å². The summed E-state index contributed by atoms with van der Waals surface area (Å²) in [6, 6.07) is 14.0. The lowest BCUT2D eigenvalue weighted by Gasteiger charge is -2.19. The largest absolute Gasteiger partial charge is 0.395 e. The third-order valence-electron chi connectivity index (χ3n) is 3.49. The Morgan fingerprint density at radius 3 is 2.55 bits per heavy atom. The van der Waals surface area contributed by atoms with Gasteiger partial charge in [-0.2, -0.15) is 0 Å². The molecule has 0 atom stereocenters. The van der Waals surface area contributed by atoms with E-state index in [4.69, 9.17) is 5.11 Å². The summed E-state index contributed by atoms with van der Waals surface area (Å²) in [4.78, 5) is 10.8. The second-order valence-corrected chi connectivity index (χ2v) is 5.01. The van der Waals surface area contributed by atoms with Crippen LogP contribution in [0.25, 0.3) is 22.3 Å². The summed E-state index contributed by atoms with van der Waals surface area (Å²) in [5, 5.41) is 10.0. The number of aromatic nitrogens is 2. The number of anilines is 1. The van der Waals surface area contributed by atoms with Gasteiger partial charge in [0.15, 0.2) is 5.82 Å². The summed E-state index contributed by atoms with van der Waals surface area (Å²) in [6.45, 7) is 0.460. The average molecular weight is 297 g/mol. The topological polar surface area (TPSA) is 49.2 Å². The van der Waals surface area contributed by atoms with E-state index < -0.39 is 0 Å². The third-order valence-corrected chi connectivity index (χ3v) is 3.49. The van der Waals surface area contributed by atoms with Gasteiger partial charge in [0, 0.05) is 19.0 Å². The van der Waals surface area contributed by atoms with Gasteiger partial charge in [0.05, 0.1) is 17.7 Å². The van der Waals surface area contributed by atoms with Crippen LogP contribution in [0.5, 0.6) is 0 Å². The van der Waals surface area contributed by atoms with Crippen LogP contribution in [-0.4, -0.2) is 35.3 Å².